The Morgan fingerprint density at radius 1 is 1.45 bits per heavy atom. The molecule has 122 valence electrons. The van der Waals surface area contributed by atoms with Crippen LogP contribution in [0.1, 0.15) is 49.4 Å². The predicted molar refractivity (Wildman–Crippen MR) is 77.4 cm³/mol. The molecule has 0 aromatic carbocycles. The Morgan fingerprint density at radius 3 is 2.64 bits per heavy atom. The third-order valence-corrected chi connectivity index (χ3v) is 3.44. The van der Waals surface area contributed by atoms with E-state index in [2.05, 4.69) is 10.2 Å². The van der Waals surface area contributed by atoms with Crippen LogP contribution in [0.2, 0.25) is 0 Å². The number of hydrogen-bond donors (Lipinski definition) is 2. The molecule has 0 bridgehead atoms. The number of aromatic nitrogens is 2. The Labute approximate surface area is 129 Å². The molecule has 0 fully saturated rings. The number of carbonyl (C=O) groups is 2. The summed E-state index contributed by atoms with van der Waals surface area (Å²) in [5.41, 5.74) is 0.963. The van der Waals surface area contributed by atoms with E-state index in [1.165, 1.54) is 7.05 Å². The van der Waals surface area contributed by atoms with Crippen LogP contribution in [0.25, 0.3) is 0 Å². The highest BCUT2D eigenvalue weighted by Gasteiger charge is 2.34. The first-order valence-electron chi connectivity index (χ1n) is 7.13. The van der Waals surface area contributed by atoms with Crippen LogP contribution in [-0.4, -0.2) is 56.1 Å². The lowest BCUT2D eigenvalue weighted by Crippen LogP contribution is -2.45. The minimum atomic E-state index is -0.615. The molecule has 0 aliphatic carbocycles. The van der Waals surface area contributed by atoms with Crippen molar-refractivity contribution in [3.63, 3.8) is 0 Å². The second-order valence-corrected chi connectivity index (χ2v) is 6.52. The summed E-state index contributed by atoms with van der Waals surface area (Å²) < 4.78 is 5.40. The van der Waals surface area contributed by atoms with Gasteiger partial charge in [0.2, 0.25) is 0 Å². The third-order valence-electron chi connectivity index (χ3n) is 3.44. The van der Waals surface area contributed by atoms with Crippen LogP contribution in [0.5, 0.6) is 0 Å². The molecule has 0 spiro atoms. The SMILES string of the molecule is CC1Cc2[nH]nc(C(=O)N(C)O)c2CN1C(=O)OC(C)(C)C. The minimum absolute atomic E-state index is 0.0717. The lowest BCUT2D eigenvalue weighted by atomic mass is 10.00. The van der Waals surface area contributed by atoms with Gasteiger partial charge >= 0.3 is 6.09 Å². The first kappa shape index (κ1) is 16.3. The van der Waals surface area contributed by atoms with E-state index < -0.39 is 17.6 Å². The molecule has 22 heavy (non-hydrogen) atoms. The number of aromatic amines is 1. The summed E-state index contributed by atoms with van der Waals surface area (Å²) in [7, 11) is 1.24. The second kappa shape index (κ2) is 5.60. The van der Waals surface area contributed by atoms with Crippen LogP contribution in [0.15, 0.2) is 0 Å². The Balaban J connectivity index is 2.26. The number of hydroxylamine groups is 2. The predicted octanol–water partition coefficient (Wildman–Crippen LogP) is 1.55. The number of nitrogens with zero attached hydrogens (tertiary/aromatic N) is 3. The van der Waals surface area contributed by atoms with Gasteiger partial charge in [-0.05, 0) is 27.7 Å². The molecule has 1 aliphatic heterocycles. The van der Waals surface area contributed by atoms with Gasteiger partial charge in [0, 0.05) is 30.8 Å². The first-order valence-corrected chi connectivity index (χ1v) is 7.13. The lowest BCUT2D eigenvalue weighted by molar-refractivity contribution is -0.0381. The Morgan fingerprint density at radius 2 is 2.09 bits per heavy atom. The van der Waals surface area contributed by atoms with Crippen LogP contribution in [0.4, 0.5) is 4.79 Å². The van der Waals surface area contributed by atoms with Crippen molar-refractivity contribution in [1.29, 1.82) is 0 Å². The van der Waals surface area contributed by atoms with E-state index in [9.17, 15) is 14.8 Å². The summed E-state index contributed by atoms with van der Waals surface area (Å²) in [6, 6.07) is -0.0717. The van der Waals surface area contributed by atoms with Gasteiger partial charge < -0.3 is 9.64 Å². The van der Waals surface area contributed by atoms with Gasteiger partial charge in [0.1, 0.15) is 5.60 Å². The number of fused-ring (bicyclic) bond motifs is 1. The van der Waals surface area contributed by atoms with E-state index in [-0.39, 0.29) is 18.3 Å². The molecule has 2 amide bonds. The number of hydrogen-bond acceptors (Lipinski definition) is 5. The fraction of sp³-hybridized carbons (Fsp3) is 0.643. The largest absolute Gasteiger partial charge is 0.444 e. The minimum Gasteiger partial charge on any atom is -0.444 e. The van der Waals surface area contributed by atoms with Crippen LogP contribution < -0.4 is 0 Å². The fourth-order valence-corrected chi connectivity index (χ4v) is 2.37. The molecule has 1 unspecified atom stereocenters. The highest BCUT2D eigenvalue weighted by Crippen LogP contribution is 2.26. The maximum Gasteiger partial charge on any atom is 0.410 e. The van der Waals surface area contributed by atoms with Gasteiger partial charge in [-0.25, -0.2) is 9.86 Å². The standard InChI is InChI=1S/C14H22N4O4/c1-8-6-10-9(11(16-15-10)12(19)17(5)21)7-18(8)13(20)22-14(2,3)4/h8,21H,6-7H2,1-5H3,(H,15,16). The van der Waals surface area contributed by atoms with E-state index in [1.54, 1.807) is 25.7 Å². The molecular weight excluding hydrogens is 288 g/mol. The highest BCUT2D eigenvalue weighted by atomic mass is 16.6. The van der Waals surface area contributed by atoms with E-state index in [0.29, 0.717) is 17.0 Å². The van der Waals surface area contributed by atoms with Crippen molar-refractivity contribution >= 4 is 12.0 Å². The zero-order valence-electron chi connectivity index (χ0n) is 13.5. The van der Waals surface area contributed by atoms with Crippen LogP contribution in [-0.2, 0) is 17.7 Å². The summed E-state index contributed by atoms with van der Waals surface area (Å²) in [5.74, 6) is -0.615. The van der Waals surface area contributed by atoms with E-state index >= 15 is 0 Å². The summed E-state index contributed by atoms with van der Waals surface area (Å²) in [5, 5.41) is 16.6. The number of amides is 2. The molecule has 2 rings (SSSR count). The van der Waals surface area contributed by atoms with E-state index in [4.69, 9.17) is 4.74 Å². The Kier molecular flexibility index (Phi) is 4.15. The average molecular weight is 310 g/mol. The molecule has 0 saturated heterocycles. The van der Waals surface area contributed by atoms with Crippen molar-refractivity contribution in [2.45, 2.75) is 52.3 Å². The van der Waals surface area contributed by atoms with Crippen molar-refractivity contribution in [3.05, 3.63) is 17.0 Å². The summed E-state index contributed by atoms with van der Waals surface area (Å²) in [4.78, 5) is 25.8. The zero-order valence-corrected chi connectivity index (χ0v) is 13.5. The van der Waals surface area contributed by atoms with Crippen LogP contribution in [0, 0.1) is 0 Å². The summed E-state index contributed by atoms with van der Waals surface area (Å²) in [6.45, 7) is 7.54. The molecule has 2 N–H and O–H groups in total. The molecule has 8 heteroatoms. The monoisotopic (exact) mass is 310 g/mol. The van der Waals surface area contributed by atoms with Crippen molar-refractivity contribution in [1.82, 2.24) is 20.2 Å². The van der Waals surface area contributed by atoms with Crippen LogP contribution in [0.3, 0.4) is 0 Å². The molecule has 1 aromatic rings. The molecule has 1 aliphatic rings. The second-order valence-electron chi connectivity index (χ2n) is 6.52. The van der Waals surface area contributed by atoms with E-state index in [0.717, 1.165) is 5.69 Å². The molecule has 0 saturated carbocycles. The van der Waals surface area contributed by atoms with Crippen molar-refractivity contribution in [3.8, 4) is 0 Å². The summed E-state index contributed by atoms with van der Waals surface area (Å²) in [6.07, 6.45) is 0.117. The van der Waals surface area contributed by atoms with Gasteiger partial charge in [-0.3, -0.25) is 15.1 Å². The van der Waals surface area contributed by atoms with Crippen molar-refractivity contribution in [2.75, 3.05) is 7.05 Å². The van der Waals surface area contributed by atoms with Crippen molar-refractivity contribution in [2.24, 2.45) is 0 Å². The molecule has 2 heterocycles. The topological polar surface area (TPSA) is 98.8 Å². The molecular formula is C14H22N4O4. The highest BCUT2D eigenvalue weighted by molar-refractivity contribution is 5.93. The van der Waals surface area contributed by atoms with Crippen molar-refractivity contribution < 1.29 is 19.5 Å². The van der Waals surface area contributed by atoms with Gasteiger partial charge in [0.15, 0.2) is 5.69 Å². The number of rotatable bonds is 1. The quantitative estimate of drug-likeness (QED) is 0.606. The normalized spacial score (nSPS) is 17.9. The summed E-state index contributed by atoms with van der Waals surface area (Å²) >= 11 is 0. The lowest BCUT2D eigenvalue weighted by Gasteiger charge is -2.34. The molecule has 0 radical (unpaired) electrons. The molecule has 1 aromatic heterocycles. The number of H-pyrrole nitrogens is 1. The van der Waals surface area contributed by atoms with Gasteiger partial charge in [-0.15, -0.1) is 0 Å². The van der Waals surface area contributed by atoms with Gasteiger partial charge in [-0.1, -0.05) is 0 Å². The number of carbonyl (C=O) groups excluding carboxylic acids is 2. The third kappa shape index (κ3) is 3.22. The van der Waals surface area contributed by atoms with E-state index in [1.807, 2.05) is 6.92 Å². The first-order chi connectivity index (χ1) is 10.1. The maximum atomic E-state index is 12.3. The number of nitrogens with one attached hydrogen (secondary N) is 1. The fourth-order valence-electron chi connectivity index (χ4n) is 2.37. The average Bonchev–Trinajstić information content (AvgIpc) is 2.77. The molecule has 1 atom stereocenters. The number of ether oxygens (including phenoxy) is 1. The van der Waals surface area contributed by atoms with Gasteiger partial charge in [0.25, 0.3) is 5.91 Å². The maximum absolute atomic E-state index is 12.3. The Hall–Kier alpha value is -2.09. The molecule has 8 nitrogen and oxygen atoms in total. The Bertz CT molecular complexity index is 588. The van der Waals surface area contributed by atoms with Crippen LogP contribution >= 0.6 is 0 Å². The smallest absolute Gasteiger partial charge is 0.410 e. The van der Waals surface area contributed by atoms with Gasteiger partial charge in [-0.2, -0.15) is 5.10 Å². The van der Waals surface area contributed by atoms with Gasteiger partial charge in [0.05, 0.1) is 6.54 Å². The zero-order chi connectivity index (χ0) is 16.7.